The summed E-state index contributed by atoms with van der Waals surface area (Å²) < 4.78 is 20.8. The van der Waals surface area contributed by atoms with Gasteiger partial charge in [0.15, 0.2) is 17.2 Å². The Labute approximate surface area is 180 Å². The van der Waals surface area contributed by atoms with Gasteiger partial charge in [0.1, 0.15) is 0 Å². The number of rotatable bonds is 6. The second-order valence-electron chi connectivity index (χ2n) is 6.11. The van der Waals surface area contributed by atoms with Crippen molar-refractivity contribution in [3.8, 4) is 17.2 Å². The van der Waals surface area contributed by atoms with E-state index >= 15 is 0 Å². The lowest BCUT2D eigenvalue weighted by atomic mass is 10.1. The number of carbonyl (C=O) groups is 2. The van der Waals surface area contributed by atoms with Gasteiger partial charge in [-0.3, -0.25) is 14.9 Å². The van der Waals surface area contributed by atoms with Crippen LogP contribution in [0.3, 0.4) is 0 Å². The molecule has 2 aromatic carbocycles. The van der Waals surface area contributed by atoms with Gasteiger partial charge in [0.25, 0.3) is 5.69 Å². The molecule has 0 bridgehead atoms. The first kappa shape index (κ1) is 21.8. The smallest absolute Gasteiger partial charge is 0.363 e. The van der Waals surface area contributed by atoms with E-state index in [4.69, 9.17) is 30.5 Å². The second kappa shape index (κ2) is 8.84. The molecular weight excluding hydrogens is 432 g/mol. The van der Waals surface area contributed by atoms with Crippen LogP contribution in [-0.2, 0) is 14.3 Å². The van der Waals surface area contributed by atoms with Gasteiger partial charge in [0.2, 0.25) is 11.6 Å². The van der Waals surface area contributed by atoms with Crippen LogP contribution in [0.1, 0.15) is 18.1 Å². The highest BCUT2D eigenvalue weighted by atomic mass is 35.5. The van der Waals surface area contributed by atoms with E-state index in [1.807, 2.05) is 0 Å². The molecule has 0 N–H and O–H groups in total. The van der Waals surface area contributed by atoms with Crippen molar-refractivity contribution in [1.82, 2.24) is 0 Å². The lowest BCUT2D eigenvalue weighted by Gasteiger charge is -2.13. The van der Waals surface area contributed by atoms with Gasteiger partial charge in [-0.2, -0.15) is 0 Å². The van der Waals surface area contributed by atoms with E-state index in [2.05, 4.69) is 4.99 Å². The Hall–Kier alpha value is -3.92. The van der Waals surface area contributed by atoms with Gasteiger partial charge in [-0.15, -0.1) is 0 Å². The lowest BCUT2D eigenvalue weighted by Crippen LogP contribution is -2.06. The summed E-state index contributed by atoms with van der Waals surface area (Å²) >= 11 is 6.09. The summed E-state index contributed by atoms with van der Waals surface area (Å²) in [6.07, 6.45) is 1.39. The lowest BCUT2D eigenvalue weighted by molar-refractivity contribution is -0.384. The Bertz CT molecular complexity index is 1130. The summed E-state index contributed by atoms with van der Waals surface area (Å²) in [5.74, 6) is -1.04. The molecule has 0 aromatic heterocycles. The SMILES string of the molecule is COc1cc(C=C2N=C(c3cc([N+](=O)[O-])ccc3Cl)OC2=O)cc(OC)c1OC(C)=O. The molecule has 0 atom stereocenters. The number of non-ortho nitro benzene ring substituents is 1. The molecule has 10 nitrogen and oxygen atoms in total. The maximum Gasteiger partial charge on any atom is 0.363 e. The molecule has 0 unspecified atom stereocenters. The summed E-state index contributed by atoms with van der Waals surface area (Å²) in [5, 5.41) is 11.1. The molecule has 0 fully saturated rings. The predicted molar refractivity (Wildman–Crippen MR) is 110 cm³/mol. The number of benzene rings is 2. The van der Waals surface area contributed by atoms with Crippen LogP contribution < -0.4 is 14.2 Å². The molecule has 0 saturated carbocycles. The molecule has 11 heteroatoms. The van der Waals surface area contributed by atoms with Gasteiger partial charge in [-0.1, -0.05) is 11.6 Å². The van der Waals surface area contributed by atoms with Gasteiger partial charge < -0.3 is 18.9 Å². The van der Waals surface area contributed by atoms with Crippen LogP contribution in [-0.4, -0.2) is 37.0 Å². The van der Waals surface area contributed by atoms with Crippen LogP contribution in [0.2, 0.25) is 5.02 Å². The van der Waals surface area contributed by atoms with Gasteiger partial charge >= 0.3 is 11.9 Å². The molecule has 1 aliphatic heterocycles. The van der Waals surface area contributed by atoms with Gasteiger partial charge in [-0.05, 0) is 29.8 Å². The molecular formula is C20H15ClN2O8. The first-order chi connectivity index (χ1) is 14.7. The van der Waals surface area contributed by atoms with E-state index in [-0.39, 0.29) is 45.1 Å². The topological polar surface area (TPSA) is 127 Å². The third-order valence-corrected chi connectivity index (χ3v) is 4.37. The number of ether oxygens (including phenoxy) is 4. The van der Waals surface area contributed by atoms with E-state index in [1.165, 1.54) is 51.5 Å². The number of methoxy groups -OCH3 is 2. The molecule has 3 rings (SSSR count). The molecule has 1 heterocycles. The Morgan fingerprint density at radius 2 is 1.84 bits per heavy atom. The third-order valence-electron chi connectivity index (χ3n) is 4.04. The van der Waals surface area contributed by atoms with E-state index in [0.29, 0.717) is 5.56 Å². The van der Waals surface area contributed by atoms with E-state index in [1.54, 1.807) is 0 Å². The van der Waals surface area contributed by atoms with E-state index in [0.717, 1.165) is 6.07 Å². The fourth-order valence-corrected chi connectivity index (χ4v) is 2.90. The average Bonchev–Trinajstić information content (AvgIpc) is 3.08. The van der Waals surface area contributed by atoms with Crippen molar-refractivity contribution in [1.29, 1.82) is 0 Å². The zero-order valence-corrected chi connectivity index (χ0v) is 17.3. The maximum absolute atomic E-state index is 12.3. The molecule has 0 spiro atoms. The van der Waals surface area contributed by atoms with Crippen molar-refractivity contribution in [3.63, 3.8) is 0 Å². The first-order valence-electron chi connectivity index (χ1n) is 8.64. The standard InChI is InChI=1S/C20H15ClN2O8/c1-10(24)30-18-16(28-2)7-11(8-17(18)29-3)6-15-20(25)31-19(22-15)13-9-12(23(26)27)4-5-14(13)21/h4-9H,1-3H3. The number of nitrogens with zero attached hydrogens (tertiary/aromatic N) is 2. The highest BCUT2D eigenvalue weighted by molar-refractivity contribution is 6.34. The predicted octanol–water partition coefficient (Wildman–Crippen LogP) is 3.54. The number of nitro benzene ring substituents is 1. The van der Waals surface area contributed by atoms with Crippen molar-refractivity contribution in [2.45, 2.75) is 6.92 Å². The largest absolute Gasteiger partial charge is 0.493 e. The number of carbonyl (C=O) groups excluding carboxylic acids is 2. The van der Waals surface area contributed by atoms with E-state index < -0.39 is 16.9 Å². The first-order valence-corrected chi connectivity index (χ1v) is 9.02. The molecule has 1 aliphatic rings. The highest BCUT2D eigenvalue weighted by Gasteiger charge is 2.27. The monoisotopic (exact) mass is 446 g/mol. The summed E-state index contributed by atoms with van der Waals surface area (Å²) in [6, 6.07) is 6.72. The normalized spacial score (nSPS) is 14.1. The Morgan fingerprint density at radius 1 is 1.19 bits per heavy atom. The number of hydrogen-bond acceptors (Lipinski definition) is 9. The quantitative estimate of drug-likeness (QED) is 0.217. The molecule has 0 amide bonds. The van der Waals surface area contributed by atoms with Crippen molar-refractivity contribution in [3.05, 3.63) is 62.3 Å². The van der Waals surface area contributed by atoms with Crippen LogP contribution in [0.4, 0.5) is 5.69 Å². The number of esters is 2. The minimum atomic E-state index is -0.778. The Kier molecular flexibility index (Phi) is 6.21. The van der Waals surface area contributed by atoms with Crippen molar-refractivity contribution < 1.29 is 33.5 Å². The summed E-state index contributed by atoms with van der Waals surface area (Å²) in [6.45, 7) is 1.23. The van der Waals surface area contributed by atoms with Crippen molar-refractivity contribution >= 4 is 41.2 Å². The van der Waals surface area contributed by atoms with Crippen LogP contribution in [0.25, 0.3) is 6.08 Å². The summed E-state index contributed by atoms with van der Waals surface area (Å²) in [7, 11) is 2.76. The molecule has 31 heavy (non-hydrogen) atoms. The van der Waals surface area contributed by atoms with Crippen LogP contribution in [0, 0.1) is 10.1 Å². The number of nitro groups is 1. The Balaban J connectivity index is 2.04. The molecule has 160 valence electrons. The molecule has 0 aliphatic carbocycles. The van der Waals surface area contributed by atoms with Crippen LogP contribution in [0.15, 0.2) is 41.0 Å². The number of aliphatic imine (C=N–C) groups is 1. The van der Waals surface area contributed by atoms with E-state index in [9.17, 15) is 19.7 Å². The van der Waals surface area contributed by atoms with Gasteiger partial charge in [0, 0.05) is 19.1 Å². The average molecular weight is 447 g/mol. The fraction of sp³-hybridized carbons (Fsp3) is 0.150. The van der Waals surface area contributed by atoms with Crippen molar-refractivity contribution in [2.75, 3.05) is 14.2 Å². The number of halogens is 1. The summed E-state index contributed by atoms with van der Waals surface area (Å²) in [5.41, 5.74) is 0.229. The minimum absolute atomic E-state index is 0.0816. The second-order valence-corrected chi connectivity index (χ2v) is 6.51. The highest BCUT2D eigenvalue weighted by Crippen LogP contribution is 2.39. The third kappa shape index (κ3) is 4.64. The Morgan fingerprint density at radius 3 is 2.39 bits per heavy atom. The van der Waals surface area contributed by atoms with Gasteiger partial charge in [0.05, 0.1) is 29.7 Å². The van der Waals surface area contributed by atoms with Gasteiger partial charge in [-0.25, -0.2) is 9.79 Å². The van der Waals surface area contributed by atoms with Crippen molar-refractivity contribution in [2.24, 2.45) is 4.99 Å². The van der Waals surface area contributed by atoms with Crippen LogP contribution >= 0.6 is 11.6 Å². The number of cyclic esters (lactones) is 1. The fourth-order valence-electron chi connectivity index (χ4n) is 2.70. The molecule has 0 saturated heterocycles. The maximum atomic E-state index is 12.3. The zero-order valence-electron chi connectivity index (χ0n) is 16.5. The molecule has 0 radical (unpaired) electrons. The summed E-state index contributed by atoms with van der Waals surface area (Å²) in [4.78, 5) is 38.2. The molecule has 2 aromatic rings. The number of hydrogen-bond donors (Lipinski definition) is 0. The minimum Gasteiger partial charge on any atom is -0.493 e. The zero-order chi connectivity index (χ0) is 22.7. The van der Waals surface area contributed by atoms with Crippen LogP contribution in [0.5, 0.6) is 17.2 Å².